The van der Waals surface area contributed by atoms with Crippen molar-refractivity contribution in [3.05, 3.63) is 41.9 Å². The zero-order chi connectivity index (χ0) is 20.4. The maximum Gasteiger partial charge on any atom is 0.181 e. The molecule has 0 saturated carbocycles. The van der Waals surface area contributed by atoms with E-state index in [1.165, 1.54) is 31.4 Å². The van der Waals surface area contributed by atoms with Crippen LogP contribution in [0.15, 0.2) is 34.9 Å². The Morgan fingerprint density at radius 3 is 2.79 bits per heavy atom. The molecule has 1 aromatic heterocycles. The first-order valence-electron chi connectivity index (χ1n) is 10.8. The highest BCUT2D eigenvalue weighted by molar-refractivity contribution is 5.80. The lowest BCUT2D eigenvalue weighted by atomic mass is 9.81. The van der Waals surface area contributed by atoms with Crippen LogP contribution in [0, 0.1) is 5.82 Å². The number of benzene rings is 1. The van der Waals surface area contributed by atoms with Crippen molar-refractivity contribution in [2.75, 3.05) is 20.2 Å². The highest BCUT2D eigenvalue weighted by Crippen LogP contribution is 2.44. The largest absolute Gasteiger partial charge is 0.356 e. The fraction of sp³-hybridized carbons (Fsp3) is 0.609. The second-order valence-corrected chi connectivity index (χ2v) is 8.29. The van der Waals surface area contributed by atoms with Crippen LogP contribution in [0.25, 0.3) is 11.0 Å². The quantitative estimate of drug-likeness (QED) is 0.501. The number of ether oxygens (including phenoxy) is 2. The predicted octanol–water partition coefficient (Wildman–Crippen LogP) is 5.02. The van der Waals surface area contributed by atoms with Gasteiger partial charge in [0.15, 0.2) is 11.4 Å². The predicted molar refractivity (Wildman–Crippen MR) is 110 cm³/mol. The monoisotopic (exact) mass is 402 g/mol. The fourth-order valence-electron chi connectivity index (χ4n) is 4.63. The molecule has 5 nitrogen and oxygen atoms in total. The zero-order valence-electron chi connectivity index (χ0n) is 17.6. The van der Waals surface area contributed by atoms with Crippen molar-refractivity contribution >= 4 is 11.0 Å². The minimum atomic E-state index is -0.843. The van der Waals surface area contributed by atoms with Gasteiger partial charge in [-0.3, -0.25) is 4.90 Å². The second kappa shape index (κ2) is 8.54. The van der Waals surface area contributed by atoms with Gasteiger partial charge in [0.2, 0.25) is 0 Å². The summed E-state index contributed by atoms with van der Waals surface area (Å²) in [6.07, 6.45) is 9.84. The number of aromatic nitrogens is 1. The molecule has 4 rings (SSSR count). The molecule has 29 heavy (non-hydrogen) atoms. The number of halogens is 1. The van der Waals surface area contributed by atoms with Crippen molar-refractivity contribution < 1.29 is 18.4 Å². The summed E-state index contributed by atoms with van der Waals surface area (Å²) in [6.45, 7) is 6.39. The van der Waals surface area contributed by atoms with Gasteiger partial charge in [0, 0.05) is 31.0 Å². The van der Waals surface area contributed by atoms with Crippen LogP contribution in [0.5, 0.6) is 0 Å². The van der Waals surface area contributed by atoms with Crippen LogP contribution in [0.2, 0.25) is 0 Å². The van der Waals surface area contributed by atoms with Crippen molar-refractivity contribution in [2.24, 2.45) is 0 Å². The van der Waals surface area contributed by atoms with Crippen LogP contribution in [0.1, 0.15) is 57.6 Å². The standard InChI is InChI=1S/C23H31FN2O3/c1-4-16(2)28-23(27-3)15-18(26-12-6-5-7-13-26)9-11-20(23)22-19-10-8-17(24)14-21(19)29-25-22/h8-11,14,16,18,20H,4-7,12-13,15H2,1-3H3. The molecule has 6 heteroatoms. The highest BCUT2D eigenvalue weighted by Gasteiger charge is 2.48. The molecule has 2 aliphatic rings. The Hall–Kier alpha value is -1.76. The molecule has 0 radical (unpaired) electrons. The Morgan fingerprint density at radius 1 is 1.28 bits per heavy atom. The second-order valence-electron chi connectivity index (χ2n) is 8.29. The first kappa shape index (κ1) is 20.5. The lowest BCUT2D eigenvalue weighted by Crippen LogP contribution is -2.52. The fourth-order valence-corrected chi connectivity index (χ4v) is 4.63. The van der Waals surface area contributed by atoms with Gasteiger partial charge in [0.05, 0.1) is 12.0 Å². The van der Waals surface area contributed by atoms with Gasteiger partial charge in [-0.15, -0.1) is 0 Å². The summed E-state index contributed by atoms with van der Waals surface area (Å²) < 4.78 is 31.8. The third kappa shape index (κ3) is 3.98. The lowest BCUT2D eigenvalue weighted by Gasteiger charge is -2.46. The normalized spacial score (nSPS) is 29.4. The van der Waals surface area contributed by atoms with Gasteiger partial charge >= 0.3 is 0 Å². The van der Waals surface area contributed by atoms with Crippen LogP contribution >= 0.6 is 0 Å². The maximum absolute atomic E-state index is 13.6. The molecule has 1 aromatic carbocycles. The number of likely N-dealkylation sites (tertiary alicyclic amines) is 1. The number of nitrogens with zero attached hydrogens (tertiary/aromatic N) is 2. The average molecular weight is 403 g/mol. The number of rotatable bonds is 6. The van der Waals surface area contributed by atoms with Gasteiger partial charge in [-0.2, -0.15) is 0 Å². The summed E-state index contributed by atoms with van der Waals surface area (Å²) in [4.78, 5) is 2.53. The molecule has 0 N–H and O–H groups in total. The molecule has 1 saturated heterocycles. The van der Waals surface area contributed by atoms with E-state index in [4.69, 9.17) is 14.0 Å². The number of methoxy groups -OCH3 is 1. The Bertz CT molecular complexity index is 861. The summed E-state index contributed by atoms with van der Waals surface area (Å²) in [5.74, 6) is -1.41. The van der Waals surface area contributed by atoms with E-state index in [1.54, 1.807) is 13.2 Å². The Balaban J connectivity index is 1.74. The molecule has 4 unspecified atom stereocenters. The molecule has 0 bridgehead atoms. The minimum absolute atomic E-state index is 0.0431. The van der Waals surface area contributed by atoms with Crippen molar-refractivity contribution in [3.63, 3.8) is 0 Å². The molecule has 1 aliphatic carbocycles. The number of piperidine rings is 1. The number of fused-ring (bicyclic) bond motifs is 1. The van der Waals surface area contributed by atoms with E-state index in [0.29, 0.717) is 5.58 Å². The van der Waals surface area contributed by atoms with Crippen LogP contribution in [0.3, 0.4) is 0 Å². The van der Waals surface area contributed by atoms with Gasteiger partial charge in [0.25, 0.3) is 0 Å². The van der Waals surface area contributed by atoms with E-state index in [1.807, 2.05) is 0 Å². The summed E-state index contributed by atoms with van der Waals surface area (Å²) >= 11 is 0. The topological polar surface area (TPSA) is 47.7 Å². The van der Waals surface area contributed by atoms with Crippen LogP contribution in [0.4, 0.5) is 4.39 Å². The van der Waals surface area contributed by atoms with Gasteiger partial charge in [-0.1, -0.05) is 30.7 Å². The van der Waals surface area contributed by atoms with Gasteiger partial charge in [-0.05, 0) is 51.4 Å². The summed E-state index contributed by atoms with van der Waals surface area (Å²) in [5.41, 5.74) is 1.18. The first-order valence-corrected chi connectivity index (χ1v) is 10.8. The minimum Gasteiger partial charge on any atom is -0.356 e. The average Bonchev–Trinajstić information content (AvgIpc) is 3.16. The Morgan fingerprint density at radius 2 is 2.07 bits per heavy atom. The molecule has 0 amide bonds. The highest BCUT2D eigenvalue weighted by atomic mass is 19.1. The van der Waals surface area contributed by atoms with E-state index in [2.05, 4.69) is 36.1 Å². The molecule has 158 valence electrons. The first-order chi connectivity index (χ1) is 14.1. The smallest absolute Gasteiger partial charge is 0.181 e. The third-order valence-electron chi connectivity index (χ3n) is 6.43. The van der Waals surface area contributed by atoms with Crippen LogP contribution in [-0.2, 0) is 9.47 Å². The summed E-state index contributed by atoms with van der Waals surface area (Å²) in [7, 11) is 1.71. The maximum atomic E-state index is 13.6. The Kier molecular flexibility index (Phi) is 6.04. The van der Waals surface area contributed by atoms with Crippen molar-refractivity contribution in [1.82, 2.24) is 10.1 Å². The number of hydrogen-bond acceptors (Lipinski definition) is 5. The third-order valence-corrected chi connectivity index (χ3v) is 6.43. The van der Waals surface area contributed by atoms with Crippen molar-refractivity contribution in [3.8, 4) is 0 Å². The molecule has 1 fully saturated rings. The van der Waals surface area contributed by atoms with Gasteiger partial charge in [-0.25, -0.2) is 4.39 Å². The molecule has 0 spiro atoms. The van der Waals surface area contributed by atoms with E-state index < -0.39 is 5.79 Å². The van der Waals surface area contributed by atoms with Gasteiger partial charge in [0.1, 0.15) is 11.5 Å². The SMILES string of the molecule is CCC(C)OC1(OC)CC(N2CCCCC2)C=CC1c1noc2cc(F)ccc12. The summed E-state index contributed by atoms with van der Waals surface area (Å²) in [5, 5.41) is 5.11. The van der Waals surface area contributed by atoms with Crippen LogP contribution < -0.4 is 0 Å². The zero-order valence-corrected chi connectivity index (χ0v) is 17.6. The molecule has 1 aliphatic heterocycles. The van der Waals surface area contributed by atoms with Crippen LogP contribution in [-0.4, -0.2) is 48.2 Å². The summed E-state index contributed by atoms with van der Waals surface area (Å²) in [6, 6.07) is 4.81. The van der Waals surface area contributed by atoms with Crippen molar-refractivity contribution in [2.45, 2.75) is 69.8 Å². The van der Waals surface area contributed by atoms with E-state index >= 15 is 0 Å². The molecule has 4 atom stereocenters. The molecule has 2 aromatic rings. The Labute approximate surface area is 171 Å². The van der Waals surface area contributed by atoms with E-state index in [0.717, 1.165) is 37.0 Å². The molecular formula is C23H31FN2O3. The van der Waals surface area contributed by atoms with E-state index in [9.17, 15) is 4.39 Å². The molecule has 2 heterocycles. The lowest BCUT2D eigenvalue weighted by molar-refractivity contribution is -0.262. The molecular weight excluding hydrogens is 371 g/mol. The van der Waals surface area contributed by atoms with Gasteiger partial charge < -0.3 is 14.0 Å². The van der Waals surface area contributed by atoms with Crippen molar-refractivity contribution in [1.29, 1.82) is 0 Å². The van der Waals surface area contributed by atoms with E-state index in [-0.39, 0.29) is 23.9 Å². The number of hydrogen-bond donors (Lipinski definition) is 0.